The molecule has 0 aromatic heterocycles. The summed E-state index contributed by atoms with van der Waals surface area (Å²) in [4.78, 5) is 30.0. The second kappa shape index (κ2) is 5.83. The first kappa shape index (κ1) is 14.6. The van der Waals surface area contributed by atoms with E-state index in [0.717, 1.165) is 26.2 Å². The number of carboxylic acids is 1. The lowest BCUT2D eigenvalue weighted by atomic mass is 9.99. The monoisotopic (exact) mass is 295 g/mol. The van der Waals surface area contributed by atoms with Crippen LogP contribution in [-0.4, -0.2) is 77.1 Å². The second-order valence-corrected chi connectivity index (χ2v) is 6.74. The van der Waals surface area contributed by atoms with E-state index in [9.17, 15) is 14.7 Å². The minimum Gasteiger partial charge on any atom is -0.481 e. The first-order chi connectivity index (χ1) is 10.1. The molecule has 6 heteroatoms. The van der Waals surface area contributed by atoms with E-state index < -0.39 is 11.9 Å². The first-order valence-corrected chi connectivity index (χ1v) is 8.07. The van der Waals surface area contributed by atoms with Gasteiger partial charge in [0, 0.05) is 38.8 Å². The zero-order valence-corrected chi connectivity index (χ0v) is 12.7. The van der Waals surface area contributed by atoms with Gasteiger partial charge in [0.25, 0.3) is 0 Å². The minimum atomic E-state index is -0.783. The predicted molar refractivity (Wildman–Crippen MR) is 78.0 cm³/mol. The molecule has 6 nitrogen and oxygen atoms in total. The molecule has 0 spiro atoms. The number of amides is 2. The van der Waals surface area contributed by atoms with Gasteiger partial charge in [0.2, 0.25) is 0 Å². The summed E-state index contributed by atoms with van der Waals surface area (Å²) in [5.41, 5.74) is 0. The Morgan fingerprint density at radius 2 is 1.81 bits per heavy atom. The molecule has 0 aromatic carbocycles. The third-order valence-electron chi connectivity index (χ3n) is 5.31. The normalized spacial score (nSPS) is 33.9. The summed E-state index contributed by atoms with van der Waals surface area (Å²) in [5, 5.41) is 9.19. The fraction of sp³-hybridized carbons (Fsp3) is 0.867. The van der Waals surface area contributed by atoms with Crippen LogP contribution in [-0.2, 0) is 4.79 Å². The molecule has 2 amide bonds. The van der Waals surface area contributed by atoms with Crippen molar-refractivity contribution in [2.75, 3.05) is 39.3 Å². The molecular weight excluding hydrogens is 270 g/mol. The molecule has 3 saturated heterocycles. The molecule has 3 rings (SSSR count). The number of carbonyl (C=O) groups excluding carboxylic acids is 1. The number of carboxylic acid groups (broad SMARTS) is 1. The summed E-state index contributed by atoms with van der Waals surface area (Å²) in [7, 11) is 0. The number of likely N-dealkylation sites (tertiary alicyclic amines) is 1. The van der Waals surface area contributed by atoms with Crippen LogP contribution in [0.2, 0.25) is 0 Å². The van der Waals surface area contributed by atoms with Crippen LogP contribution in [0.15, 0.2) is 0 Å². The number of rotatable bonds is 1. The van der Waals surface area contributed by atoms with Crippen molar-refractivity contribution in [2.24, 2.45) is 11.8 Å². The molecular formula is C15H25N3O3. The van der Waals surface area contributed by atoms with Crippen LogP contribution in [0.25, 0.3) is 0 Å². The second-order valence-electron chi connectivity index (χ2n) is 6.74. The van der Waals surface area contributed by atoms with E-state index in [0.29, 0.717) is 19.1 Å². The van der Waals surface area contributed by atoms with Gasteiger partial charge in [0.1, 0.15) is 0 Å². The van der Waals surface area contributed by atoms with Gasteiger partial charge in [-0.15, -0.1) is 0 Å². The van der Waals surface area contributed by atoms with Gasteiger partial charge in [0.05, 0.1) is 5.92 Å². The maximum absolute atomic E-state index is 12.6. The van der Waals surface area contributed by atoms with Crippen molar-refractivity contribution in [1.82, 2.24) is 14.7 Å². The number of piperidine rings is 1. The lowest BCUT2D eigenvalue weighted by Gasteiger charge is -2.44. The SMILES string of the molecule is CC1CN(C(=O)N2CCN3CCCCC3C2)CC1C(=O)O. The quantitative estimate of drug-likeness (QED) is 0.781. The highest BCUT2D eigenvalue weighted by atomic mass is 16.4. The van der Waals surface area contributed by atoms with Gasteiger partial charge in [-0.2, -0.15) is 0 Å². The Labute approximate surface area is 125 Å². The molecule has 0 saturated carbocycles. The molecule has 3 aliphatic rings. The number of piperazine rings is 1. The van der Waals surface area contributed by atoms with E-state index in [4.69, 9.17) is 0 Å². The maximum atomic E-state index is 12.6. The zero-order chi connectivity index (χ0) is 15.0. The summed E-state index contributed by atoms with van der Waals surface area (Å²) in [6.45, 7) is 6.56. The van der Waals surface area contributed by atoms with E-state index >= 15 is 0 Å². The molecule has 3 fully saturated rings. The van der Waals surface area contributed by atoms with Crippen LogP contribution in [0.1, 0.15) is 26.2 Å². The Hall–Kier alpha value is -1.30. The van der Waals surface area contributed by atoms with E-state index in [1.54, 1.807) is 4.90 Å². The molecule has 0 radical (unpaired) electrons. The number of aliphatic carboxylic acids is 1. The summed E-state index contributed by atoms with van der Waals surface area (Å²) in [5.74, 6) is -1.15. The lowest BCUT2D eigenvalue weighted by molar-refractivity contribution is -0.142. The van der Waals surface area contributed by atoms with Crippen LogP contribution < -0.4 is 0 Å². The number of fused-ring (bicyclic) bond motifs is 1. The molecule has 3 aliphatic heterocycles. The van der Waals surface area contributed by atoms with Gasteiger partial charge in [-0.05, 0) is 25.3 Å². The Bertz CT molecular complexity index is 428. The first-order valence-electron chi connectivity index (χ1n) is 8.07. The third kappa shape index (κ3) is 2.86. The predicted octanol–water partition coefficient (Wildman–Crippen LogP) is 0.929. The van der Waals surface area contributed by atoms with Crippen molar-refractivity contribution in [1.29, 1.82) is 0 Å². The summed E-state index contributed by atoms with van der Waals surface area (Å²) in [6, 6.07) is 0.544. The number of hydrogen-bond donors (Lipinski definition) is 1. The van der Waals surface area contributed by atoms with Crippen molar-refractivity contribution in [3.05, 3.63) is 0 Å². The summed E-state index contributed by atoms with van der Waals surface area (Å²) >= 11 is 0. The Kier molecular flexibility index (Phi) is 4.06. The molecule has 1 N–H and O–H groups in total. The average molecular weight is 295 g/mol. The topological polar surface area (TPSA) is 64.1 Å². The standard InChI is InChI=1S/C15H25N3O3/c1-11-8-18(10-13(11)14(19)20)15(21)17-7-6-16-5-3-2-4-12(16)9-17/h11-13H,2-10H2,1H3,(H,19,20). The van der Waals surface area contributed by atoms with Crippen molar-refractivity contribution < 1.29 is 14.7 Å². The highest BCUT2D eigenvalue weighted by Crippen LogP contribution is 2.26. The van der Waals surface area contributed by atoms with Gasteiger partial charge in [-0.25, -0.2) is 4.79 Å². The largest absolute Gasteiger partial charge is 0.481 e. The molecule has 3 atom stereocenters. The molecule has 21 heavy (non-hydrogen) atoms. The number of carbonyl (C=O) groups is 2. The van der Waals surface area contributed by atoms with Crippen LogP contribution in [0.4, 0.5) is 4.79 Å². The summed E-state index contributed by atoms with van der Waals surface area (Å²) in [6.07, 6.45) is 3.71. The van der Waals surface area contributed by atoms with Crippen LogP contribution >= 0.6 is 0 Å². The Morgan fingerprint density at radius 1 is 1.00 bits per heavy atom. The van der Waals surface area contributed by atoms with Gasteiger partial charge >= 0.3 is 12.0 Å². The van der Waals surface area contributed by atoms with E-state index in [2.05, 4.69) is 4.90 Å². The van der Waals surface area contributed by atoms with Crippen LogP contribution in [0.3, 0.4) is 0 Å². The maximum Gasteiger partial charge on any atom is 0.320 e. The third-order valence-corrected chi connectivity index (χ3v) is 5.31. The van der Waals surface area contributed by atoms with Gasteiger partial charge in [-0.1, -0.05) is 13.3 Å². The number of nitrogens with zero attached hydrogens (tertiary/aromatic N) is 3. The highest BCUT2D eigenvalue weighted by Gasteiger charge is 2.40. The van der Waals surface area contributed by atoms with Crippen molar-refractivity contribution in [2.45, 2.75) is 32.2 Å². The molecule has 0 aromatic rings. The van der Waals surface area contributed by atoms with Crippen molar-refractivity contribution in [3.63, 3.8) is 0 Å². The number of hydrogen-bond acceptors (Lipinski definition) is 3. The molecule has 0 bridgehead atoms. The van der Waals surface area contributed by atoms with E-state index in [1.165, 1.54) is 19.3 Å². The van der Waals surface area contributed by atoms with E-state index in [-0.39, 0.29) is 11.9 Å². The molecule has 0 aliphatic carbocycles. The van der Waals surface area contributed by atoms with Crippen LogP contribution in [0.5, 0.6) is 0 Å². The highest BCUT2D eigenvalue weighted by molar-refractivity contribution is 5.78. The molecule has 3 unspecified atom stereocenters. The molecule has 3 heterocycles. The van der Waals surface area contributed by atoms with Gasteiger partial charge in [-0.3, -0.25) is 9.69 Å². The van der Waals surface area contributed by atoms with Crippen molar-refractivity contribution in [3.8, 4) is 0 Å². The fourth-order valence-electron chi connectivity index (χ4n) is 3.97. The Balaban J connectivity index is 1.60. The van der Waals surface area contributed by atoms with Gasteiger partial charge < -0.3 is 14.9 Å². The van der Waals surface area contributed by atoms with Gasteiger partial charge in [0.15, 0.2) is 0 Å². The summed E-state index contributed by atoms with van der Waals surface area (Å²) < 4.78 is 0. The zero-order valence-electron chi connectivity index (χ0n) is 12.7. The number of urea groups is 1. The molecule has 118 valence electrons. The minimum absolute atomic E-state index is 0.0378. The lowest BCUT2D eigenvalue weighted by Crippen LogP contribution is -2.58. The van der Waals surface area contributed by atoms with E-state index in [1.807, 2.05) is 11.8 Å². The smallest absolute Gasteiger partial charge is 0.320 e. The van der Waals surface area contributed by atoms with Crippen molar-refractivity contribution >= 4 is 12.0 Å². The Morgan fingerprint density at radius 3 is 2.52 bits per heavy atom. The van der Waals surface area contributed by atoms with Crippen LogP contribution in [0, 0.1) is 11.8 Å². The average Bonchev–Trinajstić information content (AvgIpc) is 2.88. The fourth-order valence-corrected chi connectivity index (χ4v) is 3.97.